The topological polar surface area (TPSA) is 69.5 Å². The van der Waals surface area contributed by atoms with Gasteiger partial charge in [-0.3, -0.25) is 9.78 Å². The van der Waals surface area contributed by atoms with Crippen LogP contribution in [0.4, 0.5) is 0 Å². The largest absolute Gasteiger partial charge is 0.298 e. The molecule has 0 atom stereocenters. The molecule has 1 heterocycles. The van der Waals surface area contributed by atoms with E-state index >= 15 is 0 Å². The van der Waals surface area contributed by atoms with Gasteiger partial charge in [-0.2, -0.15) is 5.26 Å². The zero-order chi connectivity index (χ0) is 13.0. The van der Waals surface area contributed by atoms with Crippen LogP contribution in [0, 0.1) is 35.0 Å². The number of nitrogens with zero attached hydrogens (tertiary/aromatic N) is 2. The van der Waals surface area contributed by atoms with E-state index in [9.17, 15) is 4.79 Å². The summed E-state index contributed by atoms with van der Waals surface area (Å²) in [6.07, 6.45) is 8.23. The fourth-order valence-corrected chi connectivity index (χ4v) is 5.13. The Bertz CT molecular complexity index is 585. The van der Waals surface area contributed by atoms with Gasteiger partial charge < -0.3 is 0 Å². The van der Waals surface area contributed by atoms with Crippen LogP contribution in [-0.2, 0) is 0 Å². The number of H-pyrrole nitrogens is 1. The van der Waals surface area contributed by atoms with Crippen LogP contribution in [0.2, 0.25) is 0 Å². The van der Waals surface area contributed by atoms with Gasteiger partial charge >= 0.3 is 0 Å². The van der Waals surface area contributed by atoms with E-state index in [0.29, 0.717) is 17.8 Å². The van der Waals surface area contributed by atoms with Crippen LogP contribution in [0.15, 0.2) is 11.0 Å². The van der Waals surface area contributed by atoms with E-state index in [0.717, 1.165) is 17.4 Å². The summed E-state index contributed by atoms with van der Waals surface area (Å²) >= 11 is 0. The molecule has 4 bridgehead atoms. The molecule has 4 aliphatic carbocycles. The van der Waals surface area contributed by atoms with E-state index in [4.69, 9.17) is 5.26 Å². The summed E-state index contributed by atoms with van der Waals surface area (Å²) in [5, 5.41) is 8.78. The number of nitriles is 1. The average Bonchev–Trinajstić information content (AvgIpc) is 2.39. The molecule has 0 amide bonds. The predicted molar refractivity (Wildman–Crippen MR) is 69.4 cm³/mol. The lowest BCUT2D eigenvalue weighted by atomic mass is 9.51. The Morgan fingerprint density at radius 3 is 2.32 bits per heavy atom. The molecule has 0 aliphatic heterocycles. The molecule has 1 aromatic rings. The Morgan fingerprint density at radius 2 is 1.79 bits per heavy atom. The maximum Gasteiger partial charge on any atom is 0.255 e. The highest BCUT2D eigenvalue weighted by Crippen LogP contribution is 2.59. The van der Waals surface area contributed by atoms with Gasteiger partial charge in [0.15, 0.2) is 0 Å². The second kappa shape index (κ2) is 3.93. The van der Waals surface area contributed by atoms with Crippen molar-refractivity contribution in [1.82, 2.24) is 9.97 Å². The zero-order valence-corrected chi connectivity index (χ0v) is 10.8. The molecule has 4 fully saturated rings. The predicted octanol–water partition coefficient (Wildman–Crippen LogP) is 2.18. The number of hydrogen-bond donors (Lipinski definition) is 1. The molecule has 0 aromatic carbocycles. The molecule has 0 unspecified atom stereocenters. The summed E-state index contributed by atoms with van der Waals surface area (Å²) in [7, 11) is 0. The molecule has 19 heavy (non-hydrogen) atoms. The Kier molecular flexibility index (Phi) is 2.32. The van der Waals surface area contributed by atoms with E-state index in [2.05, 4.69) is 9.97 Å². The molecule has 4 saturated carbocycles. The molecular formula is C15H17N3O. The minimum absolute atomic E-state index is 0.0935. The van der Waals surface area contributed by atoms with Crippen molar-refractivity contribution in [2.75, 3.05) is 0 Å². The molecule has 4 aliphatic rings. The highest BCUT2D eigenvalue weighted by atomic mass is 16.1. The SMILES string of the molecule is N#Cc1ncc(C2C3CC4CC(C3)CC2C4)c(=O)[nH]1. The van der Waals surface area contributed by atoms with E-state index in [1.54, 1.807) is 6.20 Å². The fourth-order valence-electron chi connectivity index (χ4n) is 5.13. The summed E-state index contributed by atoms with van der Waals surface area (Å²) in [6.45, 7) is 0. The summed E-state index contributed by atoms with van der Waals surface area (Å²) in [4.78, 5) is 18.9. The normalized spacial score (nSPS) is 39.2. The number of aromatic nitrogens is 2. The Morgan fingerprint density at radius 1 is 1.16 bits per heavy atom. The summed E-state index contributed by atoms with van der Waals surface area (Å²) in [5.41, 5.74) is 0.733. The lowest BCUT2D eigenvalue weighted by Crippen LogP contribution is -2.45. The smallest absolute Gasteiger partial charge is 0.255 e. The van der Waals surface area contributed by atoms with Gasteiger partial charge in [0.1, 0.15) is 6.07 Å². The van der Waals surface area contributed by atoms with Crippen LogP contribution in [0.1, 0.15) is 49.4 Å². The standard InChI is InChI=1S/C15H17N3O/c16-6-13-17-7-12(15(19)18-13)14-10-2-8-1-9(4-10)5-11(14)3-8/h7-11,14H,1-5H2,(H,17,18,19). The first-order chi connectivity index (χ1) is 9.24. The van der Waals surface area contributed by atoms with Gasteiger partial charge in [-0.1, -0.05) is 0 Å². The van der Waals surface area contributed by atoms with Gasteiger partial charge in [0.2, 0.25) is 5.82 Å². The molecule has 1 N–H and O–H groups in total. The van der Waals surface area contributed by atoms with E-state index in [1.807, 2.05) is 6.07 Å². The highest BCUT2D eigenvalue weighted by molar-refractivity contribution is 5.21. The molecule has 0 radical (unpaired) electrons. The summed E-state index contributed by atoms with van der Waals surface area (Å²) in [5.74, 6) is 3.67. The maximum atomic E-state index is 12.2. The van der Waals surface area contributed by atoms with Crippen LogP contribution in [0.25, 0.3) is 0 Å². The lowest BCUT2D eigenvalue weighted by Gasteiger charge is -2.54. The molecule has 98 valence electrons. The van der Waals surface area contributed by atoms with Crippen molar-refractivity contribution in [3.63, 3.8) is 0 Å². The average molecular weight is 255 g/mol. The first-order valence-corrected chi connectivity index (χ1v) is 7.24. The summed E-state index contributed by atoms with van der Waals surface area (Å²) < 4.78 is 0. The number of aromatic amines is 1. The van der Waals surface area contributed by atoms with Gasteiger partial charge in [0, 0.05) is 11.8 Å². The van der Waals surface area contributed by atoms with Crippen molar-refractivity contribution in [2.45, 2.75) is 38.0 Å². The van der Waals surface area contributed by atoms with Crippen LogP contribution < -0.4 is 5.56 Å². The van der Waals surface area contributed by atoms with Crippen molar-refractivity contribution in [3.8, 4) is 6.07 Å². The van der Waals surface area contributed by atoms with Gasteiger partial charge in [-0.25, -0.2) is 4.98 Å². The second-order valence-corrected chi connectivity index (χ2v) is 6.58. The van der Waals surface area contributed by atoms with Gasteiger partial charge in [0.25, 0.3) is 5.56 Å². The van der Waals surface area contributed by atoms with E-state index < -0.39 is 0 Å². The van der Waals surface area contributed by atoms with Crippen molar-refractivity contribution in [2.24, 2.45) is 23.7 Å². The fraction of sp³-hybridized carbons (Fsp3) is 0.667. The van der Waals surface area contributed by atoms with Crippen LogP contribution in [0.5, 0.6) is 0 Å². The third-order valence-electron chi connectivity index (χ3n) is 5.52. The first kappa shape index (κ1) is 11.2. The van der Waals surface area contributed by atoms with Gasteiger partial charge in [-0.15, -0.1) is 0 Å². The van der Waals surface area contributed by atoms with Crippen LogP contribution >= 0.6 is 0 Å². The summed E-state index contributed by atoms with van der Waals surface area (Å²) in [6, 6.07) is 1.90. The van der Waals surface area contributed by atoms with Crippen molar-refractivity contribution in [1.29, 1.82) is 5.26 Å². The quantitative estimate of drug-likeness (QED) is 0.836. The van der Waals surface area contributed by atoms with E-state index in [1.165, 1.54) is 32.1 Å². The Balaban J connectivity index is 1.73. The highest BCUT2D eigenvalue weighted by Gasteiger charge is 2.49. The van der Waals surface area contributed by atoms with Crippen molar-refractivity contribution in [3.05, 3.63) is 27.9 Å². The molecule has 4 nitrogen and oxygen atoms in total. The molecule has 5 rings (SSSR count). The molecule has 0 spiro atoms. The van der Waals surface area contributed by atoms with Gasteiger partial charge in [0.05, 0.1) is 0 Å². The minimum atomic E-state index is -0.0935. The van der Waals surface area contributed by atoms with Gasteiger partial charge in [-0.05, 0) is 61.7 Å². The Labute approximate surface area is 111 Å². The molecule has 4 heteroatoms. The minimum Gasteiger partial charge on any atom is -0.298 e. The third kappa shape index (κ3) is 1.64. The number of nitrogens with one attached hydrogen (secondary N) is 1. The number of rotatable bonds is 1. The molecular weight excluding hydrogens is 238 g/mol. The second-order valence-electron chi connectivity index (χ2n) is 6.58. The Hall–Kier alpha value is -1.63. The third-order valence-corrected chi connectivity index (χ3v) is 5.52. The van der Waals surface area contributed by atoms with Crippen molar-refractivity contribution < 1.29 is 0 Å². The monoisotopic (exact) mass is 255 g/mol. The lowest BCUT2D eigenvalue weighted by molar-refractivity contribution is -0.00335. The maximum absolute atomic E-state index is 12.2. The van der Waals surface area contributed by atoms with E-state index in [-0.39, 0.29) is 11.4 Å². The van der Waals surface area contributed by atoms with Crippen LogP contribution in [0.3, 0.4) is 0 Å². The zero-order valence-electron chi connectivity index (χ0n) is 10.8. The van der Waals surface area contributed by atoms with Crippen LogP contribution in [-0.4, -0.2) is 9.97 Å². The number of hydrogen-bond acceptors (Lipinski definition) is 3. The molecule has 1 aromatic heterocycles. The van der Waals surface area contributed by atoms with Crippen molar-refractivity contribution >= 4 is 0 Å². The first-order valence-electron chi connectivity index (χ1n) is 7.24. The molecule has 0 saturated heterocycles.